The molecule has 0 bridgehead atoms. The molecule has 1 fully saturated rings. The molecule has 1 aromatic rings. The van der Waals surface area contributed by atoms with Gasteiger partial charge >= 0.3 is 0 Å². The number of halogens is 1. The van der Waals surface area contributed by atoms with Gasteiger partial charge in [-0.15, -0.1) is 0 Å². The summed E-state index contributed by atoms with van der Waals surface area (Å²) in [7, 11) is -3.75. The molecule has 21 heavy (non-hydrogen) atoms. The maximum Gasteiger partial charge on any atom is 0.243 e. The van der Waals surface area contributed by atoms with E-state index in [4.69, 9.17) is 0 Å². The first-order chi connectivity index (χ1) is 10.0. The molecule has 0 heterocycles. The Morgan fingerprint density at radius 3 is 2.71 bits per heavy atom. The first-order valence-electron chi connectivity index (χ1n) is 7.51. The van der Waals surface area contributed by atoms with E-state index in [2.05, 4.69) is 10.0 Å². The zero-order valence-electron chi connectivity index (χ0n) is 12.4. The van der Waals surface area contributed by atoms with Gasteiger partial charge in [-0.05, 0) is 43.0 Å². The third-order valence-electron chi connectivity index (χ3n) is 3.64. The van der Waals surface area contributed by atoms with Gasteiger partial charge in [0.2, 0.25) is 10.0 Å². The summed E-state index contributed by atoms with van der Waals surface area (Å²) >= 11 is 0. The minimum absolute atomic E-state index is 0.269. The zero-order chi connectivity index (χ0) is 15.3. The standard InChI is InChI=1S/C15H23FN2O2S/c1-2-17-11-13-7-8-15(14(16)10-13)21(19,20)18-9-3-4-12-5-6-12/h7-8,10,12,17-18H,2-6,9,11H2,1H3. The maximum absolute atomic E-state index is 14.0. The van der Waals surface area contributed by atoms with Gasteiger partial charge in [0.25, 0.3) is 0 Å². The second-order valence-corrected chi connectivity index (χ2v) is 7.26. The molecule has 1 aromatic carbocycles. The lowest BCUT2D eigenvalue weighted by molar-refractivity contribution is 0.550. The second kappa shape index (κ2) is 7.33. The number of benzene rings is 1. The summed E-state index contributed by atoms with van der Waals surface area (Å²) in [6.07, 6.45) is 4.37. The lowest BCUT2D eigenvalue weighted by atomic mass is 10.2. The highest BCUT2D eigenvalue weighted by Gasteiger charge is 2.22. The fourth-order valence-electron chi connectivity index (χ4n) is 2.22. The molecule has 0 unspecified atom stereocenters. The van der Waals surface area contributed by atoms with Crippen molar-refractivity contribution >= 4 is 10.0 Å². The van der Waals surface area contributed by atoms with Gasteiger partial charge in [-0.2, -0.15) is 0 Å². The van der Waals surface area contributed by atoms with Crippen LogP contribution in [-0.4, -0.2) is 21.5 Å². The van der Waals surface area contributed by atoms with E-state index >= 15 is 0 Å². The molecular formula is C15H23FN2O2S. The topological polar surface area (TPSA) is 58.2 Å². The maximum atomic E-state index is 14.0. The summed E-state index contributed by atoms with van der Waals surface area (Å²) in [5.74, 6) is 0.0803. The number of nitrogens with one attached hydrogen (secondary N) is 2. The van der Waals surface area contributed by atoms with E-state index in [1.165, 1.54) is 25.0 Å². The fraction of sp³-hybridized carbons (Fsp3) is 0.600. The van der Waals surface area contributed by atoms with Crippen molar-refractivity contribution in [3.63, 3.8) is 0 Å². The molecule has 4 nitrogen and oxygen atoms in total. The molecule has 118 valence electrons. The van der Waals surface area contributed by atoms with Crippen molar-refractivity contribution < 1.29 is 12.8 Å². The Morgan fingerprint density at radius 2 is 2.10 bits per heavy atom. The van der Waals surface area contributed by atoms with Gasteiger partial charge < -0.3 is 5.32 Å². The largest absolute Gasteiger partial charge is 0.313 e. The molecule has 0 radical (unpaired) electrons. The van der Waals surface area contributed by atoms with Crippen molar-refractivity contribution in [3.05, 3.63) is 29.6 Å². The van der Waals surface area contributed by atoms with Crippen molar-refractivity contribution in [1.29, 1.82) is 0 Å². The van der Waals surface area contributed by atoms with Crippen LogP contribution in [0.2, 0.25) is 0 Å². The average Bonchev–Trinajstić information content (AvgIpc) is 3.25. The van der Waals surface area contributed by atoms with Crippen LogP contribution in [0, 0.1) is 11.7 Å². The van der Waals surface area contributed by atoms with E-state index in [0.717, 1.165) is 30.9 Å². The molecule has 0 aliphatic heterocycles. The first-order valence-corrected chi connectivity index (χ1v) is 9.00. The molecule has 0 aromatic heterocycles. The normalized spacial score (nSPS) is 15.3. The van der Waals surface area contributed by atoms with Crippen LogP contribution in [0.5, 0.6) is 0 Å². The van der Waals surface area contributed by atoms with E-state index in [9.17, 15) is 12.8 Å². The molecule has 0 spiro atoms. The van der Waals surface area contributed by atoms with Gasteiger partial charge in [0, 0.05) is 13.1 Å². The average molecular weight is 314 g/mol. The molecular weight excluding hydrogens is 291 g/mol. The molecule has 2 rings (SSSR count). The summed E-state index contributed by atoms with van der Waals surface area (Å²) in [6, 6.07) is 4.26. The predicted octanol–water partition coefficient (Wildman–Crippen LogP) is 2.40. The molecule has 0 amide bonds. The quantitative estimate of drug-likeness (QED) is 0.688. The van der Waals surface area contributed by atoms with Crippen LogP contribution in [-0.2, 0) is 16.6 Å². The monoisotopic (exact) mass is 314 g/mol. The van der Waals surface area contributed by atoms with E-state index in [1.807, 2.05) is 6.92 Å². The highest BCUT2D eigenvalue weighted by Crippen LogP contribution is 2.33. The van der Waals surface area contributed by atoms with Crippen LogP contribution in [0.1, 0.15) is 38.2 Å². The summed E-state index contributed by atoms with van der Waals surface area (Å²) in [5, 5.41) is 3.08. The molecule has 1 aliphatic rings. The molecule has 0 atom stereocenters. The minimum atomic E-state index is -3.75. The van der Waals surface area contributed by atoms with Gasteiger partial charge in [-0.25, -0.2) is 17.5 Å². The van der Waals surface area contributed by atoms with Gasteiger partial charge in [-0.1, -0.05) is 25.8 Å². The van der Waals surface area contributed by atoms with Crippen molar-refractivity contribution in [1.82, 2.24) is 10.0 Å². The van der Waals surface area contributed by atoms with Crippen LogP contribution >= 0.6 is 0 Å². The Labute approximate surface area is 126 Å². The minimum Gasteiger partial charge on any atom is -0.313 e. The van der Waals surface area contributed by atoms with E-state index in [0.29, 0.717) is 13.1 Å². The molecule has 2 N–H and O–H groups in total. The first kappa shape index (κ1) is 16.4. The van der Waals surface area contributed by atoms with Gasteiger partial charge in [0.1, 0.15) is 10.7 Å². The van der Waals surface area contributed by atoms with Gasteiger partial charge in [0.05, 0.1) is 0 Å². The number of rotatable bonds is 9. The second-order valence-electron chi connectivity index (χ2n) is 5.53. The Bertz CT molecular complexity index is 571. The van der Waals surface area contributed by atoms with Crippen molar-refractivity contribution in [2.24, 2.45) is 5.92 Å². The van der Waals surface area contributed by atoms with Crippen LogP contribution < -0.4 is 10.0 Å². The van der Waals surface area contributed by atoms with Crippen molar-refractivity contribution in [3.8, 4) is 0 Å². The van der Waals surface area contributed by atoms with Crippen LogP contribution in [0.3, 0.4) is 0 Å². The Balaban J connectivity index is 1.94. The van der Waals surface area contributed by atoms with Gasteiger partial charge in [-0.3, -0.25) is 0 Å². The lowest BCUT2D eigenvalue weighted by Crippen LogP contribution is -2.26. The van der Waals surface area contributed by atoms with Crippen LogP contribution in [0.25, 0.3) is 0 Å². The molecule has 6 heteroatoms. The molecule has 1 saturated carbocycles. The highest BCUT2D eigenvalue weighted by molar-refractivity contribution is 7.89. The number of hydrogen-bond acceptors (Lipinski definition) is 3. The fourth-order valence-corrected chi connectivity index (χ4v) is 3.35. The summed E-state index contributed by atoms with van der Waals surface area (Å²) in [4.78, 5) is -0.269. The third kappa shape index (κ3) is 5.05. The van der Waals surface area contributed by atoms with Gasteiger partial charge in [0.15, 0.2) is 0 Å². The molecule has 1 aliphatic carbocycles. The predicted molar refractivity (Wildman–Crippen MR) is 80.9 cm³/mol. The van der Waals surface area contributed by atoms with E-state index < -0.39 is 15.8 Å². The summed E-state index contributed by atoms with van der Waals surface area (Å²) < 4.78 is 40.6. The Kier molecular flexibility index (Phi) is 5.72. The third-order valence-corrected chi connectivity index (χ3v) is 5.14. The Morgan fingerprint density at radius 1 is 1.33 bits per heavy atom. The SMILES string of the molecule is CCNCc1ccc(S(=O)(=O)NCCCC2CC2)c(F)c1. The number of sulfonamides is 1. The smallest absolute Gasteiger partial charge is 0.243 e. The van der Waals surface area contributed by atoms with Crippen molar-refractivity contribution in [2.75, 3.05) is 13.1 Å². The highest BCUT2D eigenvalue weighted by atomic mass is 32.2. The Hall–Kier alpha value is -0.980. The van der Waals surface area contributed by atoms with E-state index in [1.54, 1.807) is 6.07 Å². The lowest BCUT2D eigenvalue weighted by Gasteiger charge is -2.09. The summed E-state index contributed by atoms with van der Waals surface area (Å²) in [6.45, 7) is 3.64. The van der Waals surface area contributed by atoms with Crippen LogP contribution in [0.4, 0.5) is 4.39 Å². The van der Waals surface area contributed by atoms with Crippen LogP contribution in [0.15, 0.2) is 23.1 Å². The van der Waals surface area contributed by atoms with Crippen molar-refractivity contribution in [2.45, 2.75) is 44.0 Å². The number of hydrogen-bond donors (Lipinski definition) is 2. The molecule has 0 saturated heterocycles. The zero-order valence-corrected chi connectivity index (χ0v) is 13.2. The summed E-state index contributed by atoms with van der Waals surface area (Å²) in [5.41, 5.74) is 0.738. The van der Waals surface area contributed by atoms with E-state index in [-0.39, 0.29) is 4.90 Å².